The maximum atomic E-state index is 13.0. The zero-order valence-corrected chi connectivity index (χ0v) is 16.9. The monoisotopic (exact) mass is 407 g/mol. The average molecular weight is 407 g/mol. The fourth-order valence-electron chi connectivity index (χ4n) is 4.25. The topological polar surface area (TPSA) is 95.4 Å². The number of aliphatic hydroxyl groups excluding tert-OH is 1. The predicted octanol–water partition coefficient (Wildman–Crippen LogP) is 2.30. The minimum absolute atomic E-state index is 0.111. The quantitative estimate of drug-likeness (QED) is 0.649. The summed E-state index contributed by atoms with van der Waals surface area (Å²) < 4.78 is 1.40. The smallest absolute Gasteiger partial charge is 0.316 e. The third-order valence-corrected chi connectivity index (χ3v) is 5.95. The van der Waals surface area contributed by atoms with Gasteiger partial charge in [0, 0.05) is 25.2 Å². The first-order chi connectivity index (χ1) is 14.5. The van der Waals surface area contributed by atoms with Gasteiger partial charge in [0.15, 0.2) is 0 Å². The van der Waals surface area contributed by atoms with Crippen molar-refractivity contribution in [2.75, 3.05) is 13.1 Å². The third kappa shape index (κ3) is 3.68. The molecule has 0 radical (unpaired) electrons. The molecule has 0 spiro atoms. The van der Waals surface area contributed by atoms with E-state index in [1.165, 1.54) is 4.57 Å². The Hall–Kier alpha value is -3.19. The number of hydrogen-bond donors (Lipinski definition) is 2. The Kier molecular flexibility index (Phi) is 5.55. The highest BCUT2D eigenvalue weighted by Crippen LogP contribution is 2.31. The summed E-state index contributed by atoms with van der Waals surface area (Å²) in [7, 11) is 0. The van der Waals surface area contributed by atoms with Crippen LogP contribution in [0.25, 0.3) is 11.0 Å². The predicted molar refractivity (Wildman–Crippen MR) is 115 cm³/mol. The number of aromatic nitrogens is 2. The lowest BCUT2D eigenvalue weighted by molar-refractivity contribution is 0.0462. The first kappa shape index (κ1) is 20.1. The van der Waals surface area contributed by atoms with Gasteiger partial charge in [0.1, 0.15) is 0 Å². The van der Waals surface area contributed by atoms with E-state index >= 15 is 0 Å². The maximum absolute atomic E-state index is 13.0. The lowest BCUT2D eigenvalue weighted by Crippen LogP contribution is -2.40. The Morgan fingerprint density at radius 3 is 2.50 bits per heavy atom. The van der Waals surface area contributed by atoms with E-state index in [1.54, 1.807) is 30.0 Å². The molecule has 1 fully saturated rings. The largest absolute Gasteiger partial charge is 0.388 e. The molecule has 156 valence electrons. The molecule has 0 saturated carbocycles. The number of carbonyl (C=O) groups excluding carboxylic acids is 1. The van der Waals surface area contributed by atoms with Crippen LogP contribution >= 0.6 is 0 Å². The lowest BCUT2D eigenvalue weighted by Gasteiger charge is -2.34. The molecule has 2 N–H and O–H groups in total. The van der Waals surface area contributed by atoms with Gasteiger partial charge in [-0.3, -0.25) is 14.4 Å². The van der Waals surface area contributed by atoms with Crippen LogP contribution < -0.4 is 11.1 Å². The van der Waals surface area contributed by atoms with E-state index in [0.29, 0.717) is 36.2 Å². The van der Waals surface area contributed by atoms with Crippen molar-refractivity contribution < 1.29 is 9.90 Å². The highest BCUT2D eigenvalue weighted by Gasteiger charge is 2.28. The standard InChI is InChI=1S/C23H25N3O4/c1-2-26-19-9-8-17(14-18(19)24-21(28)23(26)30)22(29)25-12-10-16(11-13-25)20(27)15-6-4-3-5-7-15/h3-9,14,16,20,27H,2,10-13H2,1H3,(H,24,28). The van der Waals surface area contributed by atoms with Crippen molar-refractivity contribution in [2.45, 2.75) is 32.4 Å². The number of aryl methyl sites for hydroxylation is 1. The van der Waals surface area contributed by atoms with Crippen LogP contribution in [0.4, 0.5) is 0 Å². The maximum Gasteiger partial charge on any atom is 0.316 e. The minimum atomic E-state index is -0.690. The number of aromatic amines is 1. The summed E-state index contributed by atoms with van der Waals surface area (Å²) >= 11 is 0. The Balaban J connectivity index is 1.50. The zero-order chi connectivity index (χ0) is 21.3. The summed E-state index contributed by atoms with van der Waals surface area (Å²) in [5.41, 5.74) is 1.17. The van der Waals surface area contributed by atoms with Crippen LogP contribution in [0, 0.1) is 5.92 Å². The molecule has 0 bridgehead atoms. The van der Waals surface area contributed by atoms with E-state index in [-0.39, 0.29) is 11.8 Å². The molecule has 2 aromatic carbocycles. The van der Waals surface area contributed by atoms with Gasteiger partial charge in [-0.1, -0.05) is 30.3 Å². The van der Waals surface area contributed by atoms with Crippen LogP contribution in [0.1, 0.15) is 41.8 Å². The third-order valence-electron chi connectivity index (χ3n) is 5.95. The van der Waals surface area contributed by atoms with Gasteiger partial charge in [0.25, 0.3) is 5.91 Å². The van der Waals surface area contributed by atoms with Crippen molar-refractivity contribution in [3.8, 4) is 0 Å². The molecular weight excluding hydrogens is 382 g/mol. The number of carbonyl (C=O) groups is 1. The van der Waals surface area contributed by atoms with E-state index in [0.717, 1.165) is 18.4 Å². The highest BCUT2D eigenvalue weighted by molar-refractivity contribution is 5.97. The Bertz CT molecular complexity index is 1170. The molecule has 0 aliphatic carbocycles. The fourth-order valence-corrected chi connectivity index (χ4v) is 4.25. The SMILES string of the molecule is CCn1c(=O)c(=O)[nH]c2cc(C(=O)N3CCC(C(O)c4ccccc4)CC3)ccc21. The average Bonchev–Trinajstić information content (AvgIpc) is 2.79. The van der Waals surface area contributed by atoms with Crippen LogP contribution in [0.5, 0.6) is 0 Å². The zero-order valence-electron chi connectivity index (χ0n) is 16.9. The van der Waals surface area contributed by atoms with E-state index in [4.69, 9.17) is 0 Å². The molecule has 2 heterocycles. The second-order valence-electron chi connectivity index (χ2n) is 7.72. The molecule has 1 atom stereocenters. The first-order valence-electron chi connectivity index (χ1n) is 10.3. The van der Waals surface area contributed by atoms with Crippen LogP contribution in [-0.4, -0.2) is 38.6 Å². The second kappa shape index (κ2) is 8.28. The molecule has 4 rings (SSSR count). The molecule has 3 aromatic rings. The Morgan fingerprint density at radius 2 is 1.83 bits per heavy atom. The molecule has 1 saturated heterocycles. The van der Waals surface area contributed by atoms with Gasteiger partial charge < -0.3 is 19.6 Å². The molecule has 1 aliphatic rings. The van der Waals surface area contributed by atoms with Gasteiger partial charge in [-0.25, -0.2) is 0 Å². The molecule has 1 unspecified atom stereocenters. The number of hydrogen-bond acceptors (Lipinski definition) is 4. The van der Waals surface area contributed by atoms with Crippen molar-refractivity contribution in [1.29, 1.82) is 0 Å². The molecule has 1 aromatic heterocycles. The number of rotatable bonds is 4. The van der Waals surface area contributed by atoms with Gasteiger partial charge in [0.2, 0.25) is 0 Å². The number of piperidine rings is 1. The Labute approximate surface area is 173 Å². The molecule has 30 heavy (non-hydrogen) atoms. The lowest BCUT2D eigenvalue weighted by atomic mass is 9.87. The number of fused-ring (bicyclic) bond motifs is 1. The number of H-pyrrole nitrogens is 1. The number of amides is 1. The van der Waals surface area contributed by atoms with E-state index in [2.05, 4.69) is 4.98 Å². The van der Waals surface area contributed by atoms with Crippen molar-refractivity contribution in [3.05, 3.63) is 80.4 Å². The van der Waals surface area contributed by atoms with Crippen molar-refractivity contribution >= 4 is 16.9 Å². The summed E-state index contributed by atoms with van der Waals surface area (Å²) in [5.74, 6) is 0.00282. The van der Waals surface area contributed by atoms with Gasteiger partial charge in [-0.15, -0.1) is 0 Å². The molecule has 1 aliphatic heterocycles. The van der Waals surface area contributed by atoms with Crippen LogP contribution in [0.3, 0.4) is 0 Å². The normalized spacial score (nSPS) is 16.0. The van der Waals surface area contributed by atoms with Crippen LogP contribution in [-0.2, 0) is 6.54 Å². The van der Waals surface area contributed by atoms with Gasteiger partial charge in [0.05, 0.1) is 17.1 Å². The van der Waals surface area contributed by atoms with Crippen LogP contribution in [0.15, 0.2) is 58.1 Å². The van der Waals surface area contributed by atoms with Gasteiger partial charge in [-0.2, -0.15) is 0 Å². The van der Waals surface area contributed by atoms with Crippen LogP contribution in [0.2, 0.25) is 0 Å². The first-order valence-corrected chi connectivity index (χ1v) is 10.3. The van der Waals surface area contributed by atoms with E-state index in [1.807, 2.05) is 30.3 Å². The fraction of sp³-hybridized carbons (Fsp3) is 0.348. The van der Waals surface area contributed by atoms with E-state index < -0.39 is 17.2 Å². The molecular formula is C23H25N3O4. The molecule has 7 nitrogen and oxygen atoms in total. The second-order valence-corrected chi connectivity index (χ2v) is 7.72. The number of benzene rings is 2. The minimum Gasteiger partial charge on any atom is -0.388 e. The number of nitrogens with zero attached hydrogens (tertiary/aromatic N) is 2. The summed E-state index contributed by atoms with van der Waals surface area (Å²) in [4.78, 5) is 41.3. The summed E-state index contributed by atoms with van der Waals surface area (Å²) in [6, 6.07) is 14.6. The van der Waals surface area contributed by atoms with Gasteiger partial charge in [-0.05, 0) is 49.4 Å². The highest BCUT2D eigenvalue weighted by atomic mass is 16.3. The number of aliphatic hydroxyl groups is 1. The summed E-state index contributed by atoms with van der Waals surface area (Å²) in [6.07, 6.45) is 0.920. The Morgan fingerprint density at radius 1 is 1.13 bits per heavy atom. The van der Waals surface area contributed by atoms with Crippen molar-refractivity contribution in [1.82, 2.24) is 14.5 Å². The van der Waals surface area contributed by atoms with Gasteiger partial charge >= 0.3 is 11.1 Å². The number of likely N-dealkylation sites (tertiary alicyclic amines) is 1. The summed E-state index contributed by atoms with van der Waals surface area (Å²) in [6.45, 7) is 3.31. The van der Waals surface area contributed by atoms with E-state index in [9.17, 15) is 19.5 Å². The summed E-state index contributed by atoms with van der Waals surface area (Å²) in [5, 5.41) is 10.6. The number of nitrogens with one attached hydrogen (secondary N) is 1. The molecule has 1 amide bonds. The molecule has 7 heteroatoms. The van der Waals surface area contributed by atoms with Crippen molar-refractivity contribution in [3.63, 3.8) is 0 Å². The van der Waals surface area contributed by atoms with Crippen molar-refractivity contribution in [2.24, 2.45) is 5.92 Å².